The van der Waals surface area contributed by atoms with Crippen LogP contribution in [-0.2, 0) is 11.3 Å². The van der Waals surface area contributed by atoms with Gasteiger partial charge in [-0.1, -0.05) is 12.8 Å². The van der Waals surface area contributed by atoms with Crippen molar-refractivity contribution in [1.82, 2.24) is 10.6 Å². The van der Waals surface area contributed by atoms with Crippen molar-refractivity contribution < 1.29 is 14.7 Å². The number of carbonyl (C=O) groups is 2. The van der Waals surface area contributed by atoms with Gasteiger partial charge in [0.2, 0.25) is 5.91 Å². The van der Waals surface area contributed by atoms with Gasteiger partial charge in [0.05, 0.1) is 17.5 Å². The molecule has 1 aliphatic carbocycles. The number of carbonyl (C=O) groups excluding carboxylic acids is 2. The van der Waals surface area contributed by atoms with E-state index in [2.05, 4.69) is 10.6 Å². The SMILES string of the molecule is CC(=O)NCc1ccc(C(=O)NCC(O)C2CCCC2)s1. The zero-order valence-electron chi connectivity index (χ0n) is 12.2. The van der Waals surface area contributed by atoms with Crippen LogP contribution in [0.4, 0.5) is 0 Å². The van der Waals surface area contributed by atoms with E-state index in [0.717, 1.165) is 17.7 Å². The summed E-state index contributed by atoms with van der Waals surface area (Å²) in [7, 11) is 0. The van der Waals surface area contributed by atoms with Gasteiger partial charge >= 0.3 is 0 Å². The Hall–Kier alpha value is -1.40. The molecule has 116 valence electrons. The van der Waals surface area contributed by atoms with Crippen LogP contribution in [-0.4, -0.2) is 29.6 Å². The molecule has 1 heterocycles. The maximum atomic E-state index is 12.0. The topological polar surface area (TPSA) is 78.4 Å². The first-order valence-electron chi connectivity index (χ1n) is 7.35. The number of thiophene rings is 1. The fourth-order valence-corrected chi connectivity index (χ4v) is 3.46. The van der Waals surface area contributed by atoms with Gasteiger partial charge in [-0.3, -0.25) is 9.59 Å². The maximum absolute atomic E-state index is 12.0. The van der Waals surface area contributed by atoms with Gasteiger partial charge in [-0.25, -0.2) is 0 Å². The van der Waals surface area contributed by atoms with Crippen LogP contribution in [0.1, 0.15) is 47.2 Å². The molecule has 21 heavy (non-hydrogen) atoms. The van der Waals surface area contributed by atoms with E-state index in [9.17, 15) is 14.7 Å². The molecule has 0 aliphatic heterocycles. The minimum absolute atomic E-state index is 0.0888. The summed E-state index contributed by atoms with van der Waals surface area (Å²) in [5.74, 6) is 0.0733. The highest BCUT2D eigenvalue weighted by Crippen LogP contribution is 2.27. The zero-order valence-corrected chi connectivity index (χ0v) is 13.0. The van der Waals surface area contributed by atoms with Crippen molar-refractivity contribution in [2.75, 3.05) is 6.54 Å². The third kappa shape index (κ3) is 4.82. The van der Waals surface area contributed by atoms with Gasteiger partial charge in [0, 0.05) is 18.3 Å². The number of nitrogens with one attached hydrogen (secondary N) is 2. The molecule has 1 atom stereocenters. The third-order valence-electron chi connectivity index (χ3n) is 3.81. The van der Waals surface area contributed by atoms with E-state index in [1.807, 2.05) is 6.07 Å². The molecule has 2 amide bonds. The quantitative estimate of drug-likeness (QED) is 0.748. The Labute approximate surface area is 128 Å². The lowest BCUT2D eigenvalue weighted by Crippen LogP contribution is -2.35. The fourth-order valence-electron chi connectivity index (χ4n) is 2.60. The average Bonchev–Trinajstić information content (AvgIpc) is 3.12. The first-order valence-corrected chi connectivity index (χ1v) is 8.17. The van der Waals surface area contributed by atoms with Crippen molar-refractivity contribution in [3.05, 3.63) is 21.9 Å². The Bertz CT molecular complexity index is 495. The van der Waals surface area contributed by atoms with Gasteiger partial charge in [-0.15, -0.1) is 11.3 Å². The Morgan fingerprint density at radius 1 is 1.33 bits per heavy atom. The predicted molar refractivity (Wildman–Crippen MR) is 82.1 cm³/mol. The predicted octanol–water partition coefficient (Wildman–Crippen LogP) is 1.67. The lowest BCUT2D eigenvalue weighted by Gasteiger charge is -2.17. The highest BCUT2D eigenvalue weighted by Gasteiger charge is 2.23. The van der Waals surface area contributed by atoms with E-state index in [4.69, 9.17) is 0 Å². The average molecular weight is 310 g/mol. The molecule has 0 spiro atoms. The number of aliphatic hydroxyl groups is 1. The molecule has 2 rings (SSSR count). The molecular formula is C15H22N2O3S. The molecule has 1 aromatic heterocycles. The van der Waals surface area contributed by atoms with Gasteiger partial charge in [-0.05, 0) is 30.9 Å². The van der Waals surface area contributed by atoms with Crippen molar-refractivity contribution >= 4 is 23.2 Å². The smallest absolute Gasteiger partial charge is 0.261 e. The molecule has 1 fully saturated rings. The van der Waals surface area contributed by atoms with Crippen LogP contribution >= 0.6 is 11.3 Å². The molecule has 6 heteroatoms. The highest BCUT2D eigenvalue weighted by molar-refractivity contribution is 7.14. The normalized spacial score (nSPS) is 16.7. The van der Waals surface area contributed by atoms with E-state index in [0.29, 0.717) is 23.9 Å². The number of hydrogen-bond donors (Lipinski definition) is 3. The number of aliphatic hydroxyl groups excluding tert-OH is 1. The molecule has 0 radical (unpaired) electrons. The van der Waals surface area contributed by atoms with Gasteiger partial charge in [-0.2, -0.15) is 0 Å². The largest absolute Gasteiger partial charge is 0.391 e. The Kier molecular flexibility index (Phi) is 5.76. The molecule has 0 bridgehead atoms. The standard InChI is InChI=1S/C15H22N2O3S/c1-10(18)16-8-12-6-7-14(21-12)15(20)17-9-13(19)11-4-2-3-5-11/h6-7,11,13,19H,2-5,8-9H2,1H3,(H,16,18)(H,17,20). The van der Waals surface area contributed by atoms with Crippen molar-refractivity contribution in [1.29, 1.82) is 0 Å². The van der Waals surface area contributed by atoms with Gasteiger partial charge < -0.3 is 15.7 Å². The second-order valence-electron chi connectivity index (χ2n) is 5.50. The molecule has 1 aliphatic rings. The molecule has 0 saturated heterocycles. The Balaban J connectivity index is 1.78. The fraction of sp³-hybridized carbons (Fsp3) is 0.600. The van der Waals surface area contributed by atoms with Crippen molar-refractivity contribution in [3.8, 4) is 0 Å². The molecule has 0 aromatic carbocycles. The summed E-state index contributed by atoms with van der Waals surface area (Å²) >= 11 is 1.36. The second kappa shape index (κ2) is 7.56. The van der Waals surface area contributed by atoms with Crippen LogP contribution in [0.3, 0.4) is 0 Å². The van der Waals surface area contributed by atoms with E-state index < -0.39 is 6.10 Å². The van der Waals surface area contributed by atoms with Gasteiger partial charge in [0.15, 0.2) is 0 Å². The van der Waals surface area contributed by atoms with E-state index in [-0.39, 0.29) is 11.8 Å². The van der Waals surface area contributed by atoms with Crippen LogP contribution in [0.5, 0.6) is 0 Å². The first-order chi connectivity index (χ1) is 10.1. The van der Waals surface area contributed by atoms with E-state index in [1.165, 1.54) is 31.1 Å². The molecular weight excluding hydrogens is 288 g/mol. The number of hydrogen-bond acceptors (Lipinski definition) is 4. The minimum atomic E-state index is -0.449. The highest BCUT2D eigenvalue weighted by atomic mass is 32.1. The van der Waals surface area contributed by atoms with Crippen LogP contribution in [0, 0.1) is 5.92 Å². The van der Waals surface area contributed by atoms with Crippen LogP contribution in [0.25, 0.3) is 0 Å². The maximum Gasteiger partial charge on any atom is 0.261 e. The molecule has 3 N–H and O–H groups in total. The lowest BCUT2D eigenvalue weighted by molar-refractivity contribution is -0.119. The Morgan fingerprint density at radius 2 is 2.05 bits per heavy atom. The van der Waals surface area contributed by atoms with Crippen LogP contribution in [0.15, 0.2) is 12.1 Å². The lowest BCUT2D eigenvalue weighted by atomic mass is 10.0. The van der Waals surface area contributed by atoms with Crippen molar-refractivity contribution in [2.24, 2.45) is 5.92 Å². The molecule has 1 unspecified atom stereocenters. The van der Waals surface area contributed by atoms with Crippen LogP contribution < -0.4 is 10.6 Å². The summed E-state index contributed by atoms with van der Waals surface area (Å²) in [6.07, 6.45) is 4.00. The summed E-state index contributed by atoms with van der Waals surface area (Å²) in [6.45, 7) is 2.21. The van der Waals surface area contributed by atoms with Crippen LogP contribution in [0.2, 0.25) is 0 Å². The summed E-state index contributed by atoms with van der Waals surface area (Å²) in [5, 5.41) is 15.5. The Morgan fingerprint density at radius 3 is 2.71 bits per heavy atom. The van der Waals surface area contributed by atoms with E-state index in [1.54, 1.807) is 6.07 Å². The van der Waals surface area contributed by atoms with Gasteiger partial charge in [0.25, 0.3) is 5.91 Å². The number of rotatable bonds is 6. The summed E-state index contributed by atoms with van der Waals surface area (Å²) < 4.78 is 0. The monoisotopic (exact) mass is 310 g/mol. The van der Waals surface area contributed by atoms with Crippen molar-refractivity contribution in [3.63, 3.8) is 0 Å². The summed E-state index contributed by atoms with van der Waals surface area (Å²) in [4.78, 5) is 24.4. The summed E-state index contributed by atoms with van der Waals surface area (Å²) in [6, 6.07) is 3.59. The molecule has 1 aromatic rings. The third-order valence-corrected chi connectivity index (χ3v) is 4.90. The number of amides is 2. The second-order valence-corrected chi connectivity index (χ2v) is 6.67. The van der Waals surface area contributed by atoms with E-state index >= 15 is 0 Å². The first kappa shape index (κ1) is 16.0. The zero-order chi connectivity index (χ0) is 15.2. The van der Waals surface area contributed by atoms with Gasteiger partial charge in [0.1, 0.15) is 0 Å². The molecule has 5 nitrogen and oxygen atoms in total. The molecule has 1 saturated carbocycles. The van der Waals surface area contributed by atoms with Crippen molar-refractivity contribution in [2.45, 2.75) is 45.3 Å². The summed E-state index contributed by atoms with van der Waals surface area (Å²) in [5.41, 5.74) is 0. The minimum Gasteiger partial charge on any atom is -0.391 e.